The first-order chi connectivity index (χ1) is 10.3. The second-order valence-electron chi connectivity index (χ2n) is 4.46. The molecule has 0 unspecified atom stereocenters. The van der Waals surface area contributed by atoms with Crippen LogP contribution in [0.25, 0.3) is 0 Å². The summed E-state index contributed by atoms with van der Waals surface area (Å²) in [7, 11) is 1.67. The molecule has 116 valence electrons. The summed E-state index contributed by atoms with van der Waals surface area (Å²) in [6.45, 7) is 1.73. The van der Waals surface area contributed by atoms with Crippen LogP contribution in [0, 0.1) is 12.7 Å². The molecular weight excluding hydrogens is 329 g/mol. The first-order valence-electron chi connectivity index (χ1n) is 6.16. The molecule has 2 aromatic rings. The number of benzene rings is 1. The maximum Gasteiger partial charge on any atom is 0.292 e. The third-order valence-electron chi connectivity index (χ3n) is 2.99. The Balaban J connectivity index is 2.28. The number of hydrazine groups is 1. The van der Waals surface area contributed by atoms with E-state index in [0.29, 0.717) is 11.4 Å². The molecule has 1 amide bonds. The molecule has 0 fully saturated rings. The summed E-state index contributed by atoms with van der Waals surface area (Å²) in [6, 6.07) is 5.31. The summed E-state index contributed by atoms with van der Waals surface area (Å²) < 4.78 is 14.5. The monoisotopic (exact) mass is 341 g/mol. The van der Waals surface area contributed by atoms with Gasteiger partial charge in [0, 0.05) is 7.05 Å². The molecular formula is C13H13ClFN5OS. The van der Waals surface area contributed by atoms with Crippen molar-refractivity contribution < 1.29 is 9.18 Å². The zero-order valence-corrected chi connectivity index (χ0v) is 13.4. The van der Waals surface area contributed by atoms with E-state index in [1.165, 1.54) is 28.9 Å². The largest absolute Gasteiger partial charge is 0.374 e. The fourth-order valence-electron chi connectivity index (χ4n) is 1.72. The van der Waals surface area contributed by atoms with E-state index in [1.54, 1.807) is 14.0 Å². The minimum atomic E-state index is -0.578. The van der Waals surface area contributed by atoms with Crippen LogP contribution in [0.5, 0.6) is 0 Å². The molecule has 0 spiro atoms. The van der Waals surface area contributed by atoms with Crippen LogP contribution in [-0.2, 0) is 7.05 Å². The number of aromatic nitrogens is 2. The molecule has 0 aliphatic carbocycles. The van der Waals surface area contributed by atoms with Crippen molar-refractivity contribution in [3.8, 4) is 0 Å². The average Bonchev–Trinajstić information content (AvgIpc) is 2.73. The van der Waals surface area contributed by atoms with Gasteiger partial charge in [-0.3, -0.25) is 14.9 Å². The Morgan fingerprint density at radius 2 is 2.05 bits per heavy atom. The summed E-state index contributed by atoms with van der Waals surface area (Å²) in [6.07, 6.45) is 0. The molecule has 0 bridgehead atoms. The minimum absolute atomic E-state index is 0.0463. The highest BCUT2D eigenvalue weighted by Crippen LogP contribution is 2.20. The lowest BCUT2D eigenvalue weighted by Crippen LogP contribution is -2.49. The summed E-state index contributed by atoms with van der Waals surface area (Å²) in [5, 5.41) is 5.31. The van der Waals surface area contributed by atoms with Gasteiger partial charge in [-0.05, 0) is 43.4 Å². The molecule has 0 atom stereocenters. The van der Waals surface area contributed by atoms with Crippen molar-refractivity contribution in [1.82, 2.24) is 15.2 Å². The molecule has 3 N–H and O–H groups in total. The molecule has 9 heteroatoms. The lowest BCUT2D eigenvalue weighted by atomic mass is 10.3. The molecule has 6 nitrogen and oxygen atoms in total. The van der Waals surface area contributed by atoms with Gasteiger partial charge in [0.05, 0.1) is 16.4 Å². The van der Waals surface area contributed by atoms with Gasteiger partial charge >= 0.3 is 0 Å². The molecule has 2 rings (SSSR count). The first kappa shape index (κ1) is 16.2. The Morgan fingerprint density at radius 3 is 2.50 bits per heavy atom. The highest BCUT2D eigenvalue weighted by molar-refractivity contribution is 7.80. The van der Waals surface area contributed by atoms with Crippen molar-refractivity contribution in [1.29, 1.82) is 0 Å². The lowest BCUT2D eigenvalue weighted by Gasteiger charge is -2.22. The summed E-state index contributed by atoms with van der Waals surface area (Å²) in [4.78, 5) is 12.3. The maximum atomic E-state index is 13.0. The number of hydrogen-bond donors (Lipinski definition) is 2. The highest BCUT2D eigenvalue weighted by atomic mass is 35.5. The standard InChI is InChI=1S/C13H13ClFN5OS/c1-7-10(14)11(17-19(7)2)12(21)18-20(13(16)22)9-5-3-8(15)4-6-9/h3-6H,1-2H3,(H2,16,22)(H,18,21). The Labute approximate surface area is 136 Å². The Hall–Kier alpha value is -2.19. The van der Waals surface area contributed by atoms with Crippen LogP contribution in [0.4, 0.5) is 10.1 Å². The van der Waals surface area contributed by atoms with Crippen LogP contribution in [0.2, 0.25) is 5.02 Å². The molecule has 1 aromatic carbocycles. The van der Waals surface area contributed by atoms with Gasteiger partial charge < -0.3 is 5.73 Å². The number of amides is 1. The second-order valence-corrected chi connectivity index (χ2v) is 5.26. The van der Waals surface area contributed by atoms with Gasteiger partial charge in [-0.15, -0.1) is 0 Å². The van der Waals surface area contributed by atoms with Gasteiger partial charge in [0.15, 0.2) is 10.8 Å². The van der Waals surface area contributed by atoms with Gasteiger partial charge in [0.1, 0.15) is 5.82 Å². The van der Waals surface area contributed by atoms with Gasteiger partial charge in [0.2, 0.25) is 0 Å². The number of halogens is 2. The number of nitrogens with one attached hydrogen (secondary N) is 1. The van der Waals surface area contributed by atoms with E-state index in [9.17, 15) is 9.18 Å². The Kier molecular flexibility index (Phi) is 4.62. The first-order valence-corrected chi connectivity index (χ1v) is 6.95. The van der Waals surface area contributed by atoms with Crippen LogP contribution in [-0.4, -0.2) is 20.8 Å². The topological polar surface area (TPSA) is 76.2 Å². The molecule has 22 heavy (non-hydrogen) atoms. The number of nitrogens with zero attached hydrogens (tertiary/aromatic N) is 3. The summed E-state index contributed by atoms with van der Waals surface area (Å²) in [5.74, 6) is -0.993. The Morgan fingerprint density at radius 1 is 1.45 bits per heavy atom. The predicted octanol–water partition coefficient (Wildman–Crippen LogP) is 1.92. The molecule has 0 aliphatic rings. The van der Waals surface area contributed by atoms with E-state index in [-0.39, 0.29) is 15.8 Å². The number of carbonyl (C=O) groups excluding carboxylic acids is 1. The van der Waals surface area contributed by atoms with E-state index in [2.05, 4.69) is 10.5 Å². The highest BCUT2D eigenvalue weighted by Gasteiger charge is 2.21. The molecule has 1 aromatic heterocycles. The van der Waals surface area contributed by atoms with Crippen molar-refractivity contribution >= 4 is 40.5 Å². The van der Waals surface area contributed by atoms with Gasteiger partial charge in [0.25, 0.3) is 5.91 Å². The fraction of sp³-hybridized carbons (Fsp3) is 0.154. The minimum Gasteiger partial charge on any atom is -0.374 e. The van der Waals surface area contributed by atoms with Crippen molar-refractivity contribution in [3.05, 3.63) is 46.5 Å². The van der Waals surface area contributed by atoms with E-state index in [4.69, 9.17) is 29.6 Å². The predicted molar refractivity (Wildman–Crippen MR) is 86.1 cm³/mol. The summed E-state index contributed by atoms with van der Waals surface area (Å²) >= 11 is 11.0. The zero-order chi connectivity index (χ0) is 16.4. The average molecular weight is 342 g/mol. The van der Waals surface area contributed by atoms with Crippen molar-refractivity contribution in [2.45, 2.75) is 6.92 Å². The van der Waals surface area contributed by atoms with Crippen LogP contribution < -0.4 is 16.2 Å². The second kappa shape index (κ2) is 6.29. The van der Waals surface area contributed by atoms with Gasteiger partial charge in [-0.1, -0.05) is 11.6 Å². The normalized spacial score (nSPS) is 10.4. The van der Waals surface area contributed by atoms with Crippen LogP contribution >= 0.6 is 23.8 Å². The smallest absolute Gasteiger partial charge is 0.292 e. The molecule has 0 saturated heterocycles. The third kappa shape index (κ3) is 3.18. The summed E-state index contributed by atoms with van der Waals surface area (Å²) in [5.41, 5.74) is 9.20. The molecule has 0 saturated carbocycles. The van der Waals surface area contributed by atoms with Gasteiger partial charge in [-0.2, -0.15) is 5.10 Å². The number of rotatable bonds is 2. The van der Waals surface area contributed by atoms with Crippen LogP contribution in [0.1, 0.15) is 16.2 Å². The number of nitrogens with two attached hydrogens (primary N) is 1. The molecule has 0 aliphatic heterocycles. The van der Waals surface area contributed by atoms with Crippen molar-refractivity contribution in [2.24, 2.45) is 12.8 Å². The zero-order valence-electron chi connectivity index (χ0n) is 11.8. The van der Waals surface area contributed by atoms with Crippen molar-refractivity contribution in [3.63, 3.8) is 0 Å². The Bertz CT molecular complexity index is 731. The van der Waals surface area contributed by atoms with Crippen molar-refractivity contribution in [2.75, 3.05) is 5.01 Å². The van der Waals surface area contributed by atoms with E-state index >= 15 is 0 Å². The number of carbonyl (C=O) groups is 1. The number of hydrogen-bond acceptors (Lipinski definition) is 3. The molecule has 0 radical (unpaired) electrons. The quantitative estimate of drug-likeness (QED) is 0.644. The molecule has 1 heterocycles. The number of thiocarbonyl (C=S) groups is 1. The van der Waals surface area contributed by atoms with Crippen LogP contribution in [0.3, 0.4) is 0 Å². The van der Waals surface area contributed by atoms with E-state index < -0.39 is 11.7 Å². The number of anilines is 1. The lowest BCUT2D eigenvalue weighted by molar-refractivity contribution is 0.0949. The number of aryl methyl sites for hydroxylation is 1. The van der Waals surface area contributed by atoms with E-state index in [1.807, 2.05) is 0 Å². The fourth-order valence-corrected chi connectivity index (χ4v) is 2.12. The SMILES string of the molecule is Cc1c(Cl)c(C(=O)NN(C(N)=S)c2ccc(F)cc2)nn1C. The third-order valence-corrected chi connectivity index (χ3v) is 3.63. The van der Waals surface area contributed by atoms with Gasteiger partial charge in [-0.25, -0.2) is 9.40 Å². The van der Waals surface area contributed by atoms with E-state index in [0.717, 1.165) is 5.01 Å². The van der Waals surface area contributed by atoms with Crippen LogP contribution in [0.15, 0.2) is 24.3 Å². The maximum absolute atomic E-state index is 13.0.